The van der Waals surface area contributed by atoms with Crippen LogP contribution >= 0.6 is 27.5 Å². The summed E-state index contributed by atoms with van der Waals surface area (Å²) < 4.78 is 21.4. The second-order valence-corrected chi connectivity index (χ2v) is 13.1. The molecule has 5 aromatic rings. The molecular weight excluding hydrogens is 630 g/mol. The molecule has 10 heteroatoms. The van der Waals surface area contributed by atoms with Gasteiger partial charge in [-0.15, -0.1) is 0 Å². The van der Waals surface area contributed by atoms with E-state index < -0.39 is 5.79 Å². The number of hydrogen-bond donors (Lipinski definition) is 1. The molecular formula is C33H33BrClN5O3. The third-order valence-electron chi connectivity index (χ3n) is 8.63. The minimum atomic E-state index is -0.628. The molecule has 1 N–H and O–H groups in total. The lowest BCUT2D eigenvalue weighted by Gasteiger charge is -2.24. The Morgan fingerprint density at radius 1 is 1.05 bits per heavy atom. The second-order valence-electron chi connectivity index (χ2n) is 11.8. The van der Waals surface area contributed by atoms with Gasteiger partial charge in [0.2, 0.25) is 0 Å². The monoisotopic (exact) mass is 661 g/mol. The van der Waals surface area contributed by atoms with Gasteiger partial charge in [-0.3, -0.25) is 0 Å². The summed E-state index contributed by atoms with van der Waals surface area (Å²) in [6, 6.07) is 18.8. The van der Waals surface area contributed by atoms with E-state index in [1.165, 1.54) is 11.9 Å². The average molecular weight is 663 g/mol. The van der Waals surface area contributed by atoms with Crippen molar-refractivity contribution in [2.45, 2.75) is 63.7 Å². The minimum absolute atomic E-state index is 0.0121. The van der Waals surface area contributed by atoms with Crippen LogP contribution in [0.25, 0.3) is 21.9 Å². The Balaban J connectivity index is 1.08. The first-order valence-corrected chi connectivity index (χ1v) is 15.7. The molecule has 1 aliphatic heterocycles. The molecule has 1 aliphatic carbocycles. The van der Waals surface area contributed by atoms with Gasteiger partial charge in [-0.1, -0.05) is 35.9 Å². The van der Waals surface area contributed by atoms with Crippen LogP contribution in [0.3, 0.4) is 0 Å². The highest BCUT2D eigenvalue weighted by molar-refractivity contribution is 9.10. The Kier molecular flexibility index (Phi) is 7.53. The van der Waals surface area contributed by atoms with Crippen molar-refractivity contribution in [1.29, 1.82) is 0 Å². The maximum absolute atomic E-state index is 6.49. The van der Waals surface area contributed by atoms with Crippen molar-refractivity contribution in [2.24, 2.45) is 5.92 Å². The molecule has 4 heterocycles. The lowest BCUT2D eigenvalue weighted by atomic mass is 9.95. The summed E-state index contributed by atoms with van der Waals surface area (Å²) in [5.41, 5.74) is 4.21. The van der Waals surface area contributed by atoms with Crippen LogP contribution in [0, 0.1) is 5.92 Å². The molecule has 2 aromatic carbocycles. The lowest BCUT2D eigenvalue weighted by Crippen LogP contribution is -2.27. The van der Waals surface area contributed by atoms with Crippen LogP contribution in [0.5, 0.6) is 5.75 Å². The van der Waals surface area contributed by atoms with E-state index >= 15 is 0 Å². The van der Waals surface area contributed by atoms with Gasteiger partial charge in [0.25, 0.3) is 0 Å². The number of aromatic nitrogens is 4. The predicted molar refractivity (Wildman–Crippen MR) is 172 cm³/mol. The highest BCUT2D eigenvalue weighted by Crippen LogP contribution is 2.49. The average Bonchev–Trinajstić information content (AvgIpc) is 3.66. The van der Waals surface area contributed by atoms with Crippen molar-refractivity contribution in [3.63, 3.8) is 0 Å². The van der Waals surface area contributed by atoms with Crippen molar-refractivity contribution in [3.05, 3.63) is 87.9 Å². The van der Waals surface area contributed by atoms with Crippen molar-refractivity contribution in [3.8, 4) is 5.75 Å². The van der Waals surface area contributed by atoms with Gasteiger partial charge in [0.15, 0.2) is 5.79 Å². The Morgan fingerprint density at radius 2 is 1.84 bits per heavy atom. The number of hydrogen-bond acceptors (Lipinski definition) is 7. The molecule has 2 fully saturated rings. The van der Waals surface area contributed by atoms with E-state index in [9.17, 15) is 0 Å². The van der Waals surface area contributed by atoms with E-state index in [-0.39, 0.29) is 18.2 Å². The molecule has 1 unspecified atom stereocenters. The largest absolute Gasteiger partial charge is 0.497 e. The van der Waals surface area contributed by atoms with Crippen molar-refractivity contribution < 1.29 is 14.2 Å². The summed E-state index contributed by atoms with van der Waals surface area (Å²) in [6.45, 7) is 4.67. The first-order chi connectivity index (χ1) is 20.8. The van der Waals surface area contributed by atoms with Gasteiger partial charge in [0.05, 0.1) is 34.6 Å². The first kappa shape index (κ1) is 28.5. The molecule has 43 heavy (non-hydrogen) atoms. The van der Waals surface area contributed by atoms with Crippen molar-refractivity contribution in [2.75, 3.05) is 12.4 Å². The quantitative estimate of drug-likeness (QED) is 0.170. The van der Waals surface area contributed by atoms with Gasteiger partial charge < -0.3 is 24.1 Å². The van der Waals surface area contributed by atoms with Crippen molar-refractivity contribution in [1.82, 2.24) is 19.5 Å². The van der Waals surface area contributed by atoms with E-state index in [1.54, 1.807) is 7.11 Å². The predicted octanol–water partition coefficient (Wildman–Crippen LogP) is 7.73. The van der Waals surface area contributed by atoms with E-state index in [2.05, 4.69) is 78.4 Å². The number of halogens is 2. The highest BCUT2D eigenvalue weighted by atomic mass is 79.9. The molecule has 0 radical (unpaired) electrons. The molecule has 0 amide bonds. The molecule has 0 spiro atoms. The molecule has 1 saturated carbocycles. The van der Waals surface area contributed by atoms with Gasteiger partial charge in [0.1, 0.15) is 34.8 Å². The Labute approximate surface area is 263 Å². The van der Waals surface area contributed by atoms with Gasteiger partial charge in [0, 0.05) is 18.1 Å². The number of fused-ring (bicyclic) bond motifs is 3. The van der Waals surface area contributed by atoms with E-state index in [0.717, 1.165) is 62.8 Å². The first-order valence-electron chi connectivity index (χ1n) is 14.6. The molecule has 222 valence electrons. The standard InChI is InChI=1S/C33H33BrClN5O3/c1-33(2)42-28-22(16-27(29(28)43-33)40-13-12-24-30(35)37-18-38-32(24)40)9-5-19-4-8-21-15-25(34)31(39-26(21)14-19)36-17-20-6-10-23(41-3)11-7-20/h4,6-8,10-15,18,22,27-29H,5,9,16-17H2,1-3H3,(H,36,39)/t22?,27-,28-,29+/m1/s1. The van der Waals surface area contributed by atoms with Crippen LogP contribution in [0.1, 0.15) is 43.9 Å². The zero-order valence-corrected chi connectivity index (χ0v) is 26.6. The third-order valence-corrected chi connectivity index (χ3v) is 9.53. The van der Waals surface area contributed by atoms with Gasteiger partial charge in [-0.05, 0) is 96.4 Å². The van der Waals surface area contributed by atoms with E-state index in [0.29, 0.717) is 17.6 Å². The van der Waals surface area contributed by atoms with Gasteiger partial charge in [-0.2, -0.15) is 0 Å². The lowest BCUT2D eigenvalue weighted by molar-refractivity contribution is -0.160. The normalized spacial score (nSPS) is 22.7. The van der Waals surface area contributed by atoms with Crippen LogP contribution in [-0.4, -0.2) is 44.6 Å². The molecule has 3 aromatic heterocycles. The number of aryl methyl sites for hydroxylation is 1. The number of nitrogens with one attached hydrogen (secondary N) is 1. The number of pyridine rings is 1. The van der Waals surface area contributed by atoms with Crippen molar-refractivity contribution >= 4 is 55.3 Å². The Morgan fingerprint density at radius 3 is 2.65 bits per heavy atom. The molecule has 7 rings (SSSR count). The minimum Gasteiger partial charge on any atom is -0.497 e. The van der Waals surface area contributed by atoms with Crippen LogP contribution in [0.2, 0.25) is 5.15 Å². The summed E-state index contributed by atoms with van der Waals surface area (Å²) in [7, 11) is 1.67. The summed E-state index contributed by atoms with van der Waals surface area (Å²) in [5.74, 6) is 1.38. The SMILES string of the molecule is COc1ccc(CNc2nc3cc(CCC4C[C@@H](n5ccc6c(Cl)ncnc65)[C@@H]5OC(C)(C)O[C@H]45)ccc3cc2Br)cc1. The number of benzene rings is 2. The summed E-state index contributed by atoms with van der Waals surface area (Å²) >= 11 is 10.1. The van der Waals surface area contributed by atoms with Crippen LogP contribution in [0.4, 0.5) is 5.82 Å². The number of ether oxygens (including phenoxy) is 3. The molecule has 8 nitrogen and oxygen atoms in total. The fraction of sp³-hybridized carbons (Fsp3) is 0.364. The van der Waals surface area contributed by atoms with Gasteiger partial charge >= 0.3 is 0 Å². The fourth-order valence-corrected chi connectivity index (χ4v) is 7.23. The maximum atomic E-state index is 6.49. The van der Waals surface area contributed by atoms with Gasteiger partial charge in [-0.25, -0.2) is 15.0 Å². The molecule has 4 atom stereocenters. The highest BCUT2D eigenvalue weighted by Gasteiger charge is 2.54. The zero-order chi connectivity index (χ0) is 29.7. The van der Waals surface area contributed by atoms with E-state index in [1.807, 2.05) is 32.0 Å². The Hall–Kier alpha value is -3.24. The topological polar surface area (TPSA) is 83.3 Å². The number of rotatable bonds is 8. The summed E-state index contributed by atoms with van der Waals surface area (Å²) in [6.07, 6.45) is 6.38. The van der Waals surface area contributed by atoms with Crippen LogP contribution in [-0.2, 0) is 22.4 Å². The second kappa shape index (κ2) is 11.4. The maximum Gasteiger partial charge on any atom is 0.163 e. The zero-order valence-electron chi connectivity index (χ0n) is 24.3. The number of nitrogens with zero attached hydrogens (tertiary/aromatic N) is 4. The van der Waals surface area contributed by atoms with Crippen LogP contribution in [0.15, 0.2) is 71.6 Å². The smallest absolute Gasteiger partial charge is 0.163 e. The number of anilines is 1. The van der Waals surface area contributed by atoms with E-state index in [4.69, 9.17) is 30.8 Å². The third kappa shape index (κ3) is 5.59. The fourth-order valence-electron chi connectivity index (χ4n) is 6.57. The molecule has 2 aliphatic rings. The molecule has 0 bridgehead atoms. The number of methoxy groups -OCH3 is 1. The summed E-state index contributed by atoms with van der Waals surface area (Å²) in [4.78, 5) is 13.7. The molecule has 1 saturated heterocycles. The van der Waals surface area contributed by atoms with Crippen LogP contribution < -0.4 is 10.1 Å². The Bertz CT molecular complexity index is 1790. The summed E-state index contributed by atoms with van der Waals surface area (Å²) in [5, 5.41) is 5.90.